The molecule has 0 aliphatic heterocycles. The molecule has 1 N–H and O–H groups in total. The quantitative estimate of drug-likeness (QED) is 0.388. The minimum atomic E-state index is -0.127. The van der Waals surface area contributed by atoms with Crippen LogP contribution in [0.2, 0.25) is 5.02 Å². The van der Waals surface area contributed by atoms with Crippen LogP contribution in [0.5, 0.6) is 0 Å². The molecular formula is C25H24ClNO. The molecule has 0 aromatic heterocycles. The largest absolute Gasteiger partial charge is 0.345 e. The van der Waals surface area contributed by atoms with Crippen molar-refractivity contribution < 1.29 is 4.79 Å². The van der Waals surface area contributed by atoms with Crippen molar-refractivity contribution in [2.45, 2.75) is 26.3 Å². The van der Waals surface area contributed by atoms with Crippen LogP contribution >= 0.6 is 11.6 Å². The molecule has 2 nitrogen and oxygen atoms in total. The average molecular weight is 390 g/mol. The molecule has 142 valence electrons. The van der Waals surface area contributed by atoms with E-state index in [1.807, 2.05) is 67.6 Å². The Balaban J connectivity index is 1.89. The zero-order chi connectivity index (χ0) is 19.9. The van der Waals surface area contributed by atoms with E-state index in [9.17, 15) is 4.79 Å². The lowest BCUT2D eigenvalue weighted by Gasteiger charge is -2.17. The van der Waals surface area contributed by atoms with Crippen LogP contribution in [0, 0.1) is 0 Å². The van der Waals surface area contributed by atoms with Crippen LogP contribution in [-0.2, 0) is 11.2 Å². The molecule has 1 amide bonds. The summed E-state index contributed by atoms with van der Waals surface area (Å²) in [6, 6.07) is 25.4. The summed E-state index contributed by atoms with van der Waals surface area (Å²) in [7, 11) is 0. The van der Waals surface area contributed by atoms with Crippen molar-refractivity contribution in [1.82, 2.24) is 5.32 Å². The van der Waals surface area contributed by atoms with Gasteiger partial charge in [0.2, 0.25) is 0 Å². The first-order chi connectivity index (χ1) is 13.6. The first-order valence-electron chi connectivity index (χ1n) is 9.50. The molecule has 28 heavy (non-hydrogen) atoms. The second-order valence-electron chi connectivity index (χ2n) is 6.74. The summed E-state index contributed by atoms with van der Waals surface area (Å²) in [6.45, 7) is 4.13. The maximum Gasteiger partial charge on any atom is 0.252 e. The molecule has 0 fully saturated rings. The van der Waals surface area contributed by atoms with Crippen molar-refractivity contribution in [3.63, 3.8) is 0 Å². The number of hydrogen-bond acceptors (Lipinski definition) is 1. The molecule has 0 radical (unpaired) electrons. The fourth-order valence-electron chi connectivity index (χ4n) is 3.05. The third-order valence-electron chi connectivity index (χ3n) is 4.77. The topological polar surface area (TPSA) is 29.1 Å². The zero-order valence-electron chi connectivity index (χ0n) is 16.2. The van der Waals surface area contributed by atoms with Gasteiger partial charge in [0.25, 0.3) is 5.91 Å². The number of amides is 1. The number of benzene rings is 3. The van der Waals surface area contributed by atoms with Gasteiger partial charge in [-0.15, -0.1) is 0 Å². The summed E-state index contributed by atoms with van der Waals surface area (Å²) < 4.78 is 0. The minimum Gasteiger partial charge on any atom is -0.345 e. The van der Waals surface area contributed by atoms with Gasteiger partial charge in [0.1, 0.15) is 0 Å². The Morgan fingerprint density at radius 1 is 0.964 bits per heavy atom. The van der Waals surface area contributed by atoms with Crippen LogP contribution in [-0.4, -0.2) is 5.91 Å². The first-order valence-corrected chi connectivity index (χ1v) is 9.87. The molecule has 0 saturated carbocycles. The molecule has 3 heteroatoms. The van der Waals surface area contributed by atoms with Crippen molar-refractivity contribution in [2.24, 2.45) is 0 Å². The van der Waals surface area contributed by atoms with Crippen LogP contribution < -0.4 is 5.32 Å². The SMILES string of the molecule is CCc1ccc([C@@H](C)NC(=O)/C(=C/c2ccccc2Cl)c2ccccc2)cc1. The molecule has 0 unspecified atom stereocenters. The third kappa shape index (κ3) is 4.90. The van der Waals surface area contributed by atoms with Gasteiger partial charge in [0.05, 0.1) is 6.04 Å². The lowest BCUT2D eigenvalue weighted by molar-refractivity contribution is -0.116. The van der Waals surface area contributed by atoms with Crippen molar-refractivity contribution in [3.8, 4) is 0 Å². The molecule has 0 aliphatic carbocycles. The number of hydrogen-bond donors (Lipinski definition) is 1. The monoisotopic (exact) mass is 389 g/mol. The standard InChI is InChI=1S/C25H24ClNO/c1-3-19-13-15-20(16-14-19)18(2)27-25(28)23(21-9-5-4-6-10-21)17-22-11-7-8-12-24(22)26/h4-18H,3H2,1-2H3,(H,27,28)/b23-17+/t18-/m1/s1. The van der Waals surface area contributed by atoms with Crippen LogP contribution in [0.15, 0.2) is 78.9 Å². The Kier molecular flexibility index (Phi) is 6.67. The van der Waals surface area contributed by atoms with Gasteiger partial charge in [-0.25, -0.2) is 0 Å². The van der Waals surface area contributed by atoms with E-state index in [0.29, 0.717) is 10.6 Å². The maximum absolute atomic E-state index is 13.1. The molecule has 0 heterocycles. The summed E-state index contributed by atoms with van der Waals surface area (Å²) >= 11 is 6.31. The molecule has 3 aromatic carbocycles. The summed E-state index contributed by atoms with van der Waals surface area (Å²) in [5, 5.41) is 3.74. The molecular weight excluding hydrogens is 366 g/mol. The zero-order valence-corrected chi connectivity index (χ0v) is 16.9. The van der Waals surface area contributed by atoms with Gasteiger partial charge in [-0.05, 0) is 47.7 Å². The number of carbonyl (C=O) groups is 1. The van der Waals surface area contributed by atoms with Crippen molar-refractivity contribution in [2.75, 3.05) is 0 Å². The summed E-state index contributed by atoms with van der Waals surface area (Å²) in [5.41, 5.74) is 4.62. The van der Waals surface area contributed by atoms with Gasteiger partial charge in [0.15, 0.2) is 0 Å². The predicted molar refractivity (Wildman–Crippen MR) is 118 cm³/mol. The van der Waals surface area contributed by atoms with E-state index in [4.69, 9.17) is 11.6 Å². The molecule has 3 rings (SSSR count). The fourth-order valence-corrected chi connectivity index (χ4v) is 3.24. The van der Waals surface area contributed by atoms with Gasteiger partial charge < -0.3 is 5.32 Å². The highest BCUT2D eigenvalue weighted by molar-refractivity contribution is 6.33. The molecule has 0 spiro atoms. The predicted octanol–water partition coefficient (Wildman–Crippen LogP) is 6.32. The van der Waals surface area contributed by atoms with Gasteiger partial charge in [-0.1, -0.05) is 91.3 Å². The van der Waals surface area contributed by atoms with Crippen LogP contribution in [0.25, 0.3) is 11.6 Å². The number of rotatable bonds is 6. The number of nitrogens with one attached hydrogen (secondary N) is 1. The summed E-state index contributed by atoms with van der Waals surface area (Å²) in [5.74, 6) is -0.127. The van der Waals surface area contributed by atoms with Crippen molar-refractivity contribution in [3.05, 3.63) is 106 Å². The number of halogens is 1. The molecule has 0 bridgehead atoms. The second kappa shape index (κ2) is 9.38. The van der Waals surface area contributed by atoms with Crippen LogP contribution in [0.4, 0.5) is 0 Å². The molecule has 0 saturated heterocycles. The van der Waals surface area contributed by atoms with Gasteiger partial charge in [0, 0.05) is 10.6 Å². The lowest BCUT2D eigenvalue weighted by Crippen LogP contribution is -2.27. The van der Waals surface area contributed by atoms with Gasteiger partial charge in [-0.3, -0.25) is 4.79 Å². The Hall–Kier alpha value is -2.84. The van der Waals surface area contributed by atoms with E-state index in [-0.39, 0.29) is 11.9 Å². The van der Waals surface area contributed by atoms with Crippen LogP contribution in [0.3, 0.4) is 0 Å². The Bertz CT molecular complexity index is 961. The van der Waals surface area contributed by atoms with E-state index < -0.39 is 0 Å². The molecule has 0 aliphatic rings. The Morgan fingerprint density at radius 3 is 2.25 bits per heavy atom. The van der Waals surface area contributed by atoms with E-state index in [1.54, 1.807) is 0 Å². The molecule has 1 atom stereocenters. The highest BCUT2D eigenvalue weighted by Crippen LogP contribution is 2.24. The van der Waals surface area contributed by atoms with E-state index in [1.165, 1.54) is 5.56 Å². The van der Waals surface area contributed by atoms with Crippen LogP contribution in [0.1, 0.15) is 42.1 Å². The van der Waals surface area contributed by atoms with Crippen molar-refractivity contribution in [1.29, 1.82) is 0 Å². The molecule has 3 aromatic rings. The second-order valence-corrected chi connectivity index (χ2v) is 7.14. The van der Waals surface area contributed by atoms with E-state index >= 15 is 0 Å². The number of carbonyl (C=O) groups excluding carboxylic acids is 1. The smallest absolute Gasteiger partial charge is 0.252 e. The fraction of sp³-hybridized carbons (Fsp3) is 0.160. The van der Waals surface area contributed by atoms with E-state index in [0.717, 1.165) is 23.1 Å². The highest BCUT2D eigenvalue weighted by Gasteiger charge is 2.16. The third-order valence-corrected chi connectivity index (χ3v) is 5.11. The summed E-state index contributed by atoms with van der Waals surface area (Å²) in [4.78, 5) is 13.1. The van der Waals surface area contributed by atoms with Crippen molar-refractivity contribution >= 4 is 29.2 Å². The van der Waals surface area contributed by atoms with Gasteiger partial charge >= 0.3 is 0 Å². The van der Waals surface area contributed by atoms with Gasteiger partial charge in [-0.2, -0.15) is 0 Å². The summed E-state index contributed by atoms with van der Waals surface area (Å²) in [6.07, 6.45) is 2.85. The normalized spacial score (nSPS) is 12.5. The number of aryl methyl sites for hydroxylation is 1. The first kappa shape index (κ1) is 19.9. The Labute approximate surface area is 171 Å². The lowest BCUT2D eigenvalue weighted by atomic mass is 10.0. The van der Waals surface area contributed by atoms with E-state index in [2.05, 4.69) is 36.5 Å². The maximum atomic E-state index is 13.1. The minimum absolute atomic E-state index is 0.100. The highest BCUT2D eigenvalue weighted by atomic mass is 35.5. The average Bonchev–Trinajstić information content (AvgIpc) is 2.73. The Morgan fingerprint density at radius 2 is 1.61 bits per heavy atom.